The molecular weight excluding hydrogens is 414 g/mol. The predicted octanol–water partition coefficient (Wildman–Crippen LogP) is 6.48. The molecule has 0 amide bonds. The van der Waals surface area contributed by atoms with Crippen LogP contribution in [0.25, 0.3) is 22.3 Å². The van der Waals surface area contributed by atoms with Gasteiger partial charge in [-0.2, -0.15) is 0 Å². The fourth-order valence-electron chi connectivity index (χ4n) is 3.51. The van der Waals surface area contributed by atoms with E-state index in [1.54, 1.807) is 0 Å². The Kier molecular flexibility index (Phi) is 6.53. The lowest BCUT2D eigenvalue weighted by molar-refractivity contribution is 0.438. The minimum atomic E-state index is -1.07. The zero-order valence-electron chi connectivity index (χ0n) is 18.8. The summed E-state index contributed by atoms with van der Waals surface area (Å²) in [6.45, 7) is 9.09. The van der Waals surface area contributed by atoms with E-state index in [9.17, 15) is 23.8 Å². The second-order valence-corrected chi connectivity index (χ2v) is 8.34. The van der Waals surface area contributed by atoms with Gasteiger partial charge in [0, 0.05) is 22.3 Å². The molecule has 2 aromatic carbocycles. The molecule has 0 aliphatic heterocycles. The standard InChI is InChI=1S/C26H26F2O4/c1-13(2)6-9-17-23(30)18(10-7-14(3)4)26-21(24(17)31)22(29)15(5)25(32-26)16-8-11-19(27)20(28)12-16/h6-8,11-12,30-31H,9-10H2,1-5H3. The number of phenolic OH excluding ortho intramolecular Hbond substituents is 2. The average Bonchev–Trinajstić information content (AvgIpc) is 2.71. The van der Waals surface area contributed by atoms with Crippen LogP contribution < -0.4 is 5.43 Å². The first-order valence-electron chi connectivity index (χ1n) is 10.3. The van der Waals surface area contributed by atoms with Crippen molar-refractivity contribution in [3.05, 3.63) is 80.0 Å². The van der Waals surface area contributed by atoms with Crippen LogP contribution in [0, 0.1) is 18.6 Å². The fourth-order valence-corrected chi connectivity index (χ4v) is 3.51. The van der Waals surface area contributed by atoms with Crippen LogP contribution in [-0.2, 0) is 12.8 Å². The van der Waals surface area contributed by atoms with Crippen molar-refractivity contribution in [3.8, 4) is 22.8 Å². The smallest absolute Gasteiger partial charge is 0.200 e. The van der Waals surface area contributed by atoms with Crippen molar-refractivity contribution in [1.82, 2.24) is 0 Å². The largest absolute Gasteiger partial charge is 0.507 e. The van der Waals surface area contributed by atoms with E-state index in [0.717, 1.165) is 23.3 Å². The maximum atomic E-state index is 13.8. The Morgan fingerprint density at radius 3 is 2.09 bits per heavy atom. The van der Waals surface area contributed by atoms with Gasteiger partial charge in [-0.05, 0) is 65.7 Å². The van der Waals surface area contributed by atoms with Crippen molar-refractivity contribution in [2.45, 2.75) is 47.5 Å². The van der Waals surface area contributed by atoms with Crippen LogP contribution in [-0.4, -0.2) is 10.2 Å². The highest BCUT2D eigenvalue weighted by molar-refractivity contribution is 5.92. The van der Waals surface area contributed by atoms with Crippen LogP contribution in [0.15, 0.2) is 50.7 Å². The van der Waals surface area contributed by atoms with Gasteiger partial charge in [-0.15, -0.1) is 0 Å². The molecule has 168 valence electrons. The zero-order valence-corrected chi connectivity index (χ0v) is 18.8. The maximum absolute atomic E-state index is 13.8. The molecule has 0 aliphatic rings. The summed E-state index contributed by atoms with van der Waals surface area (Å²) in [7, 11) is 0. The number of fused-ring (bicyclic) bond motifs is 1. The van der Waals surface area contributed by atoms with Gasteiger partial charge in [-0.3, -0.25) is 4.79 Å². The summed E-state index contributed by atoms with van der Waals surface area (Å²) in [5, 5.41) is 21.9. The van der Waals surface area contributed by atoms with Gasteiger partial charge in [0.15, 0.2) is 17.1 Å². The molecule has 0 radical (unpaired) electrons. The Hall–Kier alpha value is -3.41. The van der Waals surface area contributed by atoms with Crippen molar-refractivity contribution in [3.63, 3.8) is 0 Å². The lowest BCUT2D eigenvalue weighted by atomic mass is 9.95. The molecule has 1 heterocycles. The second-order valence-electron chi connectivity index (χ2n) is 8.34. The van der Waals surface area contributed by atoms with E-state index in [-0.39, 0.29) is 57.8 Å². The molecule has 0 saturated heterocycles. The summed E-state index contributed by atoms with van der Waals surface area (Å²) in [6.07, 6.45) is 4.21. The van der Waals surface area contributed by atoms with E-state index < -0.39 is 17.1 Å². The van der Waals surface area contributed by atoms with Gasteiger partial charge in [0.1, 0.15) is 28.2 Å². The third-order valence-electron chi connectivity index (χ3n) is 5.32. The van der Waals surface area contributed by atoms with Gasteiger partial charge in [-0.1, -0.05) is 23.3 Å². The number of rotatable bonds is 5. The molecular formula is C26H26F2O4. The van der Waals surface area contributed by atoms with Gasteiger partial charge >= 0.3 is 0 Å². The molecule has 0 saturated carbocycles. The first-order valence-corrected chi connectivity index (χ1v) is 10.3. The highest BCUT2D eigenvalue weighted by atomic mass is 19.2. The molecule has 6 heteroatoms. The molecule has 4 nitrogen and oxygen atoms in total. The summed E-state index contributed by atoms with van der Waals surface area (Å²) in [4.78, 5) is 13.3. The number of phenols is 2. The van der Waals surface area contributed by atoms with Gasteiger partial charge in [0.25, 0.3) is 0 Å². The monoisotopic (exact) mass is 440 g/mol. The number of hydrogen-bond donors (Lipinski definition) is 2. The molecule has 2 N–H and O–H groups in total. The average molecular weight is 440 g/mol. The Bertz CT molecular complexity index is 1320. The summed E-state index contributed by atoms with van der Waals surface area (Å²) in [6, 6.07) is 3.22. The van der Waals surface area contributed by atoms with E-state index in [4.69, 9.17) is 4.42 Å². The summed E-state index contributed by atoms with van der Waals surface area (Å²) >= 11 is 0. The Labute approximate surface area is 185 Å². The Morgan fingerprint density at radius 1 is 0.938 bits per heavy atom. The first-order chi connectivity index (χ1) is 15.0. The molecule has 0 atom stereocenters. The molecule has 0 spiro atoms. The molecule has 1 aromatic heterocycles. The summed E-state index contributed by atoms with van der Waals surface area (Å²) < 4.78 is 33.3. The van der Waals surface area contributed by atoms with E-state index in [0.29, 0.717) is 5.56 Å². The minimum Gasteiger partial charge on any atom is -0.507 e. The minimum absolute atomic E-state index is 0.0220. The summed E-state index contributed by atoms with van der Waals surface area (Å²) in [5.41, 5.74) is 2.42. The number of hydrogen-bond acceptors (Lipinski definition) is 4. The van der Waals surface area contributed by atoms with E-state index in [1.165, 1.54) is 13.0 Å². The van der Waals surface area contributed by atoms with E-state index in [2.05, 4.69) is 0 Å². The molecule has 0 fully saturated rings. The number of benzene rings is 2. The quantitative estimate of drug-likeness (QED) is 0.446. The fraction of sp³-hybridized carbons (Fsp3) is 0.269. The van der Waals surface area contributed by atoms with Crippen LogP contribution in [0.1, 0.15) is 44.4 Å². The van der Waals surface area contributed by atoms with Gasteiger partial charge in [-0.25, -0.2) is 8.78 Å². The van der Waals surface area contributed by atoms with Crippen LogP contribution in [0.4, 0.5) is 8.78 Å². The molecule has 3 aromatic rings. The number of halogens is 2. The van der Waals surface area contributed by atoms with Crippen molar-refractivity contribution in [1.29, 1.82) is 0 Å². The summed E-state index contributed by atoms with van der Waals surface area (Å²) in [5.74, 6) is -2.54. The topological polar surface area (TPSA) is 70.7 Å². The van der Waals surface area contributed by atoms with Crippen molar-refractivity contribution in [2.24, 2.45) is 0 Å². The van der Waals surface area contributed by atoms with E-state index >= 15 is 0 Å². The third kappa shape index (κ3) is 4.31. The van der Waals surface area contributed by atoms with Crippen LogP contribution in [0.3, 0.4) is 0 Å². The normalized spacial score (nSPS) is 11.0. The highest BCUT2D eigenvalue weighted by Crippen LogP contribution is 2.41. The van der Waals surface area contributed by atoms with E-state index in [1.807, 2.05) is 39.8 Å². The SMILES string of the molecule is CC(C)=CCc1c(O)c(CC=C(C)C)c2oc(-c3ccc(F)c(F)c3)c(C)c(=O)c2c1O. The maximum Gasteiger partial charge on any atom is 0.200 e. The van der Waals surface area contributed by atoms with Crippen molar-refractivity contribution >= 4 is 11.0 Å². The second kappa shape index (κ2) is 8.99. The van der Waals surface area contributed by atoms with Gasteiger partial charge in [0.05, 0.1) is 0 Å². The van der Waals surface area contributed by atoms with Gasteiger partial charge in [0.2, 0.25) is 0 Å². The Balaban J connectivity index is 2.43. The number of aromatic hydroxyl groups is 2. The van der Waals surface area contributed by atoms with Gasteiger partial charge < -0.3 is 14.6 Å². The Morgan fingerprint density at radius 2 is 1.53 bits per heavy atom. The van der Waals surface area contributed by atoms with Crippen molar-refractivity contribution < 1.29 is 23.4 Å². The van der Waals surface area contributed by atoms with Crippen LogP contribution in [0.5, 0.6) is 11.5 Å². The lowest BCUT2D eigenvalue weighted by Gasteiger charge is -2.16. The zero-order chi connectivity index (χ0) is 23.7. The van der Waals surface area contributed by atoms with Crippen LogP contribution >= 0.6 is 0 Å². The number of allylic oxidation sites excluding steroid dienone is 4. The molecule has 0 unspecified atom stereocenters. The highest BCUT2D eigenvalue weighted by Gasteiger charge is 2.24. The lowest BCUT2D eigenvalue weighted by Crippen LogP contribution is -2.10. The molecule has 0 aliphatic carbocycles. The molecule has 0 bridgehead atoms. The molecule has 32 heavy (non-hydrogen) atoms. The third-order valence-corrected chi connectivity index (χ3v) is 5.32. The molecule has 3 rings (SSSR count). The van der Waals surface area contributed by atoms with Crippen LogP contribution in [0.2, 0.25) is 0 Å². The predicted molar refractivity (Wildman–Crippen MR) is 122 cm³/mol. The van der Waals surface area contributed by atoms with Crippen molar-refractivity contribution in [2.75, 3.05) is 0 Å². The first kappa shape index (κ1) is 23.3.